The molecular weight excluding hydrogens is 212 g/mol. The molecule has 0 bridgehead atoms. The average molecular weight is 232 g/mol. The summed E-state index contributed by atoms with van der Waals surface area (Å²) < 4.78 is 20.7. The molecule has 1 saturated heterocycles. The van der Waals surface area contributed by atoms with E-state index in [4.69, 9.17) is 18.3 Å². The normalized spacial score (nSPS) is 20.3. The number of unbranched alkanes of at least 4 members (excludes halogenated alkanes) is 1. The summed E-state index contributed by atoms with van der Waals surface area (Å²) >= 11 is 0. The molecule has 1 aliphatic heterocycles. The van der Waals surface area contributed by atoms with Crippen molar-refractivity contribution in [3.8, 4) is 0 Å². The molecule has 0 aliphatic carbocycles. The number of rotatable bonds is 9. The molecule has 0 radical (unpaired) electrons. The number of ether oxygens (including phenoxy) is 2. The van der Waals surface area contributed by atoms with E-state index in [0.717, 1.165) is 32.7 Å². The molecular formula is C10H20O4Si. The molecule has 1 fully saturated rings. The van der Waals surface area contributed by atoms with Crippen molar-refractivity contribution in [3.05, 3.63) is 11.8 Å². The molecule has 4 nitrogen and oxygen atoms in total. The zero-order chi connectivity index (χ0) is 10.9. The highest BCUT2D eigenvalue weighted by atomic mass is 28.3. The van der Waals surface area contributed by atoms with Crippen molar-refractivity contribution in [2.24, 2.45) is 0 Å². The van der Waals surface area contributed by atoms with Gasteiger partial charge in [0.2, 0.25) is 0 Å². The van der Waals surface area contributed by atoms with E-state index in [1.807, 2.05) is 5.70 Å². The van der Waals surface area contributed by atoms with E-state index >= 15 is 0 Å². The van der Waals surface area contributed by atoms with Crippen molar-refractivity contribution in [3.63, 3.8) is 0 Å². The van der Waals surface area contributed by atoms with Crippen LogP contribution in [0.15, 0.2) is 11.8 Å². The van der Waals surface area contributed by atoms with E-state index in [2.05, 4.69) is 6.08 Å². The molecule has 1 heterocycles. The highest BCUT2D eigenvalue weighted by Crippen LogP contribution is 2.08. The van der Waals surface area contributed by atoms with Gasteiger partial charge in [0.05, 0.1) is 13.2 Å². The van der Waals surface area contributed by atoms with Crippen LogP contribution in [0.4, 0.5) is 0 Å². The van der Waals surface area contributed by atoms with Gasteiger partial charge in [-0.2, -0.15) is 0 Å². The Balaban J connectivity index is 1.85. The molecule has 0 amide bonds. The van der Waals surface area contributed by atoms with Gasteiger partial charge in [0.25, 0.3) is 0 Å². The van der Waals surface area contributed by atoms with Gasteiger partial charge in [-0.15, -0.1) is 0 Å². The molecule has 1 unspecified atom stereocenters. The smallest absolute Gasteiger partial charge is 0.347 e. The third-order valence-electron chi connectivity index (χ3n) is 2.12. The van der Waals surface area contributed by atoms with Crippen LogP contribution in [0.5, 0.6) is 0 Å². The highest BCUT2D eigenvalue weighted by molar-refractivity contribution is 6.50. The van der Waals surface area contributed by atoms with E-state index in [9.17, 15) is 0 Å². The molecule has 0 N–H and O–H groups in total. The minimum Gasteiger partial charge on any atom is -0.397 e. The highest BCUT2D eigenvalue weighted by Gasteiger charge is 2.21. The second-order valence-electron chi connectivity index (χ2n) is 3.44. The van der Waals surface area contributed by atoms with Crippen LogP contribution < -0.4 is 0 Å². The largest absolute Gasteiger partial charge is 0.397 e. The quantitative estimate of drug-likeness (QED) is 0.335. The van der Waals surface area contributed by atoms with E-state index < -0.39 is 9.28 Å². The second-order valence-corrected chi connectivity index (χ2v) is 5.50. The lowest BCUT2D eigenvalue weighted by Gasteiger charge is -2.04. The van der Waals surface area contributed by atoms with Crippen molar-refractivity contribution in [1.82, 2.24) is 0 Å². The van der Waals surface area contributed by atoms with Crippen LogP contribution in [-0.4, -0.2) is 49.4 Å². The van der Waals surface area contributed by atoms with Gasteiger partial charge in [0, 0.05) is 20.8 Å². The Morgan fingerprint density at radius 2 is 2.13 bits per heavy atom. The first kappa shape index (κ1) is 12.9. The van der Waals surface area contributed by atoms with Crippen molar-refractivity contribution in [1.29, 1.82) is 0 Å². The predicted octanol–water partition coefficient (Wildman–Crippen LogP) is 0.791. The molecule has 15 heavy (non-hydrogen) atoms. The average Bonchev–Trinajstić information content (AvgIpc) is 3.06. The lowest BCUT2D eigenvalue weighted by Crippen LogP contribution is -2.15. The van der Waals surface area contributed by atoms with Crippen LogP contribution in [0.3, 0.4) is 0 Å². The Kier molecular flexibility index (Phi) is 6.87. The van der Waals surface area contributed by atoms with Crippen LogP contribution in [-0.2, 0) is 18.3 Å². The zero-order valence-corrected chi connectivity index (χ0v) is 10.6. The molecule has 88 valence electrons. The summed E-state index contributed by atoms with van der Waals surface area (Å²) in [5.41, 5.74) is 2.05. The van der Waals surface area contributed by atoms with Gasteiger partial charge < -0.3 is 18.3 Å². The molecule has 0 spiro atoms. The third kappa shape index (κ3) is 6.81. The predicted molar refractivity (Wildman–Crippen MR) is 60.1 cm³/mol. The first-order valence-electron chi connectivity index (χ1n) is 5.28. The Bertz CT molecular complexity index is 178. The van der Waals surface area contributed by atoms with Crippen molar-refractivity contribution < 1.29 is 18.3 Å². The Hall–Kier alpha value is -0.203. The summed E-state index contributed by atoms with van der Waals surface area (Å²) in [6.45, 7) is 2.42. The fourth-order valence-electron chi connectivity index (χ4n) is 1.14. The first-order chi connectivity index (χ1) is 7.36. The Labute approximate surface area is 93.0 Å². The molecule has 0 aromatic rings. The zero-order valence-electron chi connectivity index (χ0n) is 9.48. The second kappa shape index (κ2) is 8.01. The lowest BCUT2D eigenvalue weighted by atomic mass is 10.3. The Morgan fingerprint density at radius 3 is 2.73 bits per heavy atom. The third-order valence-corrected chi connectivity index (χ3v) is 3.64. The molecule has 1 atom stereocenters. The molecule has 0 aromatic carbocycles. The van der Waals surface area contributed by atoms with Gasteiger partial charge in [-0.25, -0.2) is 0 Å². The summed E-state index contributed by atoms with van der Waals surface area (Å²) in [5.74, 6) is 0. The fourth-order valence-corrected chi connectivity index (χ4v) is 2.06. The van der Waals surface area contributed by atoms with Crippen LogP contribution in [0.25, 0.3) is 0 Å². The van der Waals surface area contributed by atoms with Crippen LogP contribution in [0, 0.1) is 0 Å². The summed E-state index contributed by atoms with van der Waals surface area (Å²) in [4.78, 5) is 0. The van der Waals surface area contributed by atoms with Gasteiger partial charge in [-0.05, 0) is 18.5 Å². The molecule has 0 saturated carbocycles. The molecule has 5 heteroatoms. The fraction of sp³-hybridized carbons (Fsp3) is 0.800. The van der Waals surface area contributed by atoms with E-state index in [0.29, 0.717) is 6.10 Å². The summed E-state index contributed by atoms with van der Waals surface area (Å²) in [7, 11) is 1.87. The topological polar surface area (TPSA) is 40.2 Å². The molecule has 1 aliphatic rings. The van der Waals surface area contributed by atoms with Crippen LogP contribution in [0.1, 0.15) is 12.8 Å². The van der Waals surface area contributed by atoms with E-state index in [1.54, 1.807) is 14.2 Å². The van der Waals surface area contributed by atoms with Crippen molar-refractivity contribution >= 4 is 9.28 Å². The van der Waals surface area contributed by atoms with E-state index in [1.165, 1.54) is 0 Å². The van der Waals surface area contributed by atoms with Gasteiger partial charge in [0.1, 0.15) is 6.10 Å². The number of allylic oxidation sites excluding steroid dienone is 1. The number of hydrogen-bond acceptors (Lipinski definition) is 4. The lowest BCUT2D eigenvalue weighted by molar-refractivity contribution is 0.115. The molecule has 1 rings (SSSR count). The molecule has 0 aromatic heterocycles. The van der Waals surface area contributed by atoms with E-state index in [-0.39, 0.29) is 0 Å². The van der Waals surface area contributed by atoms with Gasteiger partial charge in [0.15, 0.2) is 0 Å². The van der Waals surface area contributed by atoms with Gasteiger partial charge >= 0.3 is 9.28 Å². The van der Waals surface area contributed by atoms with Gasteiger partial charge in [-0.1, -0.05) is 6.08 Å². The minimum atomic E-state index is -1.50. The maximum absolute atomic E-state index is 5.41. The van der Waals surface area contributed by atoms with Crippen LogP contribution >= 0.6 is 0 Å². The standard InChI is InChI=1S/C10H20O4Si/c1-11-15(12-2)7-5-3-4-6-13-8-10-9-14-10/h5,7,10,15H,3-4,6,8-9H2,1-2H3. The maximum atomic E-state index is 5.41. The van der Waals surface area contributed by atoms with Crippen molar-refractivity contribution in [2.75, 3.05) is 34.0 Å². The van der Waals surface area contributed by atoms with Crippen molar-refractivity contribution in [2.45, 2.75) is 18.9 Å². The minimum absolute atomic E-state index is 0.374. The SMILES string of the molecule is CO[SiH](C=CCCCOCC1CO1)OC. The summed E-state index contributed by atoms with van der Waals surface area (Å²) in [6, 6.07) is 0. The first-order valence-corrected chi connectivity index (χ1v) is 6.89. The van der Waals surface area contributed by atoms with Crippen LogP contribution in [0.2, 0.25) is 0 Å². The number of epoxide rings is 1. The summed E-state index contributed by atoms with van der Waals surface area (Å²) in [6.07, 6.45) is 4.54. The monoisotopic (exact) mass is 232 g/mol. The maximum Gasteiger partial charge on any atom is 0.347 e. The Morgan fingerprint density at radius 1 is 1.40 bits per heavy atom. The van der Waals surface area contributed by atoms with Gasteiger partial charge in [-0.3, -0.25) is 0 Å². The summed E-state index contributed by atoms with van der Waals surface area (Å²) in [5, 5.41) is 0. The number of hydrogen-bond donors (Lipinski definition) is 0.